The van der Waals surface area contributed by atoms with E-state index >= 15 is 0 Å². The van der Waals surface area contributed by atoms with Gasteiger partial charge in [0.1, 0.15) is 0 Å². The molecule has 0 saturated carbocycles. The van der Waals surface area contributed by atoms with Crippen LogP contribution in [0.25, 0.3) is 10.6 Å². The largest absolute Gasteiger partial charge is 0.367 e. The normalized spacial score (nSPS) is 10.9. The number of hydrogen-bond acceptors (Lipinski definition) is 4. The van der Waals surface area contributed by atoms with Crippen LogP contribution in [0.5, 0.6) is 0 Å². The van der Waals surface area contributed by atoms with Crippen LogP contribution < -0.4 is 5.73 Å². The summed E-state index contributed by atoms with van der Waals surface area (Å²) in [5.41, 5.74) is 3.97. The molecule has 0 atom stereocenters. The van der Waals surface area contributed by atoms with E-state index in [1.165, 1.54) is 0 Å². The summed E-state index contributed by atoms with van der Waals surface area (Å²) in [4.78, 5) is 3.36. The monoisotopic (exact) mass is 267 g/mol. The molecule has 0 radical (unpaired) electrons. The number of nitrogen functional groups attached to an aromatic ring is 1. The van der Waals surface area contributed by atoms with Gasteiger partial charge in [-0.05, 0) is 11.5 Å². The Kier molecular flexibility index (Phi) is 2.69. The molecule has 0 amide bonds. The van der Waals surface area contributed by atoms with Gasteiger partial charge in [-0.25, -0.2) is 22.0 Å². The number of benzene rings is 1. The minimum Gasteiger partial charge on any atom is -0.367 e. The second-order valence-corrected chi connectivity index (χ2v) is 3.65. The van der Waals surface area contributed by atoms with E-state index in [-0.39, 0.29) is 5.95 Å². The van der Waals surface area contributed by atoms with Gasteiger partial charge >= 0.3 is 0 Å². The molecule has 90 valence electrons. The zero-order valence-electron chi connectivity index (χ0n) is 7.77. The molecule has 0 aliphatic carbocycles. The summed E-state index contributed by atoms with van der Waals surface area (Å²) in [7, 11) is 0. The number of nitrogens with zero attached hydrogens (tertiary/aromatic N) is 2. The van der Waals surface area contributed by atoms with Gasteiger partial charge in [-0.3, -0.25) is 0 Å². The van der Waals surface area contributed by atoms with Gasteiger partial charge in [-0.1, -0.05) is 0 Å². The first-order chi connectivity index (χ1) is 7.93. The van der Waals surface area contributed by atoms with Gasteiger partial charge in [0.2, 0.25) is 11.8 Å². The van der Waals surface area contributed by atoms with Gasteiger partial charge in [0, 0.05) is 0 Å². The zero-order valence-corrected chi connectivity index (χ0v) is 8.59. The molecule has 0 bridgehead atoms. The Hall–Kier alpha value is -1.77. The summed E-state index contributed by atoms with van der Waals surface area (Å²) >= 11 is 0.432. The molecule has 2 aromatic rings. The predicted octanol–water partition coefficient (Wildman–Crippen LogP) is 2.48. The third-order valence-corrected chi connectivity index (χ3v) is 2.61. The van der Waals surface area contributed by atoms with Gasteiger partial charge in [-0.15, -0.1) is 0 Å². The van der Waals surface area contributed by atoms with Crippen LogP contribution in [0, 0.1) is 29.1 Å². The van der Waals surface area contributed by atoms with Crippen LogP contribution in [0.15, 0.2) is 0 Å². The highest BCUT2D eigenvalue weighted by Gasteiger charge is 2.28. The van der Waals surface area contributed by atoms with Gasteiger partial charge in [0.15, 0.2) is 28.3 Å². The Balaban J connectivity index is 2.78. The van der Waals surface area contributed by atoms with Crippen molar-refractivity contribution < 1.29 is 22.0 Å². The van der Waals surface area contributed by atoms with Crippen LogP contribution in [-0.2, 0) is 0 Å². The highest BCUT2D eigenvalue weighted by atomic mass is 32.1. The smallest absolute Gasteiger partial charge is 0.232 e. The van der Waals surface area contributed by atoms with E-state index in [0.717, 1.165) is 0 Å². The van der Waals surface area contributed by atoms with E-state index in [1.807, 2.05) is 0 Å². The molecule has 0 fully saturated rings. The highest BCUT2D eigenvalue weighted by Crippen LogP contribution is 2.32. The fraction of sp³-hybridized carbons (Fsp3) is 0. The van der Waals surface area contributed by atoms with Crippen LogP contribution in [0.1, 0.15) is 0 Å². The van der Waals surface area contributed by atoms with Crippen molar-refractivity contribution in [3.8, 4) is 10.6 Å². The number of rotatable bonds is 1. The van der Waals surface area contributed by atoms with E-state index < -0.39 is 39.7 Å². The Morgan fingerprint density at radius 1 is 0.824 bits per heavy atom. The SMILES string of the molecule is Nc1nsc(-c2c(F)c(F)c(F)c(F)c2F)n1. The lowest BCUT2D eigenvalue weighted by atomic mass is 10.2. The Labute approximate surface area is 94.9 Å². The van der Waals surface area contributed by atoms with Crippen molar-refractivity contribution in [2.45, 2.75) is 0 Å². The maximum atomic E-state index is 13.3. The number of nitrogens with two attached hydrogens (primary N) is 1. The first-order valence-electron chi connectivity index (χ1n) is 4.04. The number of anilines is 1. The average molecular weight is 267 g/mol. The number of aromatic nitrogens is 2. The van der Waals surface area contributed by atoms with Crippen molar-refractivity contribution in [1.82, 2.24) is 9.36 Å². The summed E-state index contributed by atoms with van der Waals surface area (Å²) in [5.74, 6) is -10.5. The molecule has 3 nitrogen and oxygen atoms in total. The van der Waals surface area contributed by atoms with E-state index in [2.05, 4.69) is 9.36 Å². The summed E-state index contributed by atoms with van der Waals surface area (Å²) < 4.78 is 68.4. The fourth-order valence-electron chi connectivity index (χ4n) is 1.13. The van der Waals surface area contributed by atoms with E-state index in [0.29, 0.717) is 11.5 Å². The van der Waals surface area contributed by atoms with Crippen LogP contribution in [0.3, 0.4) is 0 Å². The molecule has 2 N–H and O–H groups in total. The summed E-state index contributed by atoms with van der Waals surface area (Å²) in [6.07, 6.45) is 0. The third-order valence-electron chi connectivity index (χ3n) is 1.87. The molecule has 1 aromatic heterocycles. The fourth-order valence-corrected chi connectivity index (χ4v) is 1.75. The second kappa shape index (κ2) is 3.91. The molecule has 1 aromatic carbocycles. The molecule has 1 heterocycles. The number of hydrogen-bond donors (Lipinski definition) is 1. The van der Waals surface area contributed by atoms with Crippen molar-refractivity contribution in [1.29, 1.82) is 0 Å². The molecular weight excluding hydrogens is 265 g/mol. The lowest BCUT2D eigenvalue weighted by molar-refractivity contribution is 0.381. The third kappa shape index (κ3) is 1.71. The van der Waals surface area contributed by atoms with E-state index in [1.54, 1.807) is 0 Å². The lowest BCUT2D eigenvalue weighted by Crippen LogP contribution is -2.03. The Morgan fingerprint density at radius 2 is 1.29 bits per heavy atom. The maximum Gasteiger partial charge on any atom is 0.232 e. The molecule has 17 heavy (non-hydrogen) atoms. The molecule has 0 saturated heterocycles. The minimum atomic E-state index is -2.22. The van der Waals surface area contributed by atoms with Crippen molar-refractivity contribution in [2.75, 3.05) is 5.73 Å². The van der Waals surface area contributed by atoms with Crippen molar-refractivity contribution in [3.63, 3.8) is 0 Å². The minimum absolute atomic E-state index is 0.311. The Bertz CT molecular complexity index is 568. The van der Waals surface area contributed by atoms with Crippen LogP contribution in [0.2, 0.25) is 0 Å². The molecule has 2 rings (SSSR count). The second-order valence-electron chi connectivity index (χ2n) is 2.90. The van der Waals surface area contributed by atoms with Crippen molar-refractivity contribution in [2.24, 2.45) is 0 Å². The maximum absolute atomic E-state index is 13.3. The lowest BCUT2D eigenvalue weighted by Gasteiger charge is -2.04. The quantitative estimate of drug-likeness (QED) is 0.490. The molecule has 9 heteroatoms. The molecule has 0 spiro atoms. The standard InChI is InChI=1S/C8H2F5N3S/c9-2-1(7-15-8(14)16-17-7)3(10)5(12)6(13)4(2)11/h(H2,14,16). The number of halogens is 5. The molecular formula is C8H2F5N3S. The molecule has 0 unspecified atom stereocenters. The van der Waals surface area contributed by atoms with E-state index in [4.69, 9.17) is 5.73 Å². The van der Waals surface area contributed by atoms with Crippen molar-refractivity contribution >= 4 is 17.5 Å². The first-order valence-corrected chi connectivity index (χ1v) is 4.81. The highest BCUT2D eigenvalue weighted by molar-refractivity contribution is 7.09. The summed E-state index contributed by atoms with van der Waals surface area (Å²) in [6.45, 7) is 0. The van der Waals surface area contributed by atoms with E-state index in [9.17, 15) is 22.0 Å². The van der Waals surface area contributed by atoms with Gasteiger partial charge < -0.3 is 5.73 Å². The average Bonchev–Trinajstić information content (AvgIpc) is 2.71. The van der Waals surface area contributed by atoms with Gasteiger partial charge in [0.25, 0.3) is 0 Å². The van der Waals surface area contributed by atoms with Crippen LogP contribution in [0.4, 0.5) is 27.9 Å². The zero-order chi connectivity index (χ0) is 12.7. The molecule has 0 aliphatic heterocycles. The van der Waals surface area contributed by atoms with Crippen LogP contribution in [-0.4, -0.2) is 9.36 Å². The van der Waals surface area contributed by atoms with Gasteiger partial charge in [-0.2, -0.15) is 9.36 Å². The Morgan fingerprint density at radius 3 is 1.71 bits per heavy atom. The van der Waals surface area contributed by atoms with Crippen molar-refractivity contribution in [3.05, 3.63) is 29.1 Å². The predicted molar refractivity (Wildman–Crippen MR) is 49.5 cm³/mol. The first kappa shape index (κ1) is 11.7. The van der Waals surface area contributed by atoms with Crippen LogP contribution >= 0.6 is 11.5 Å². The topological polar surface area (TPSA) is 51.8 Å². The summed E-state index contributed by atoms with van der Waals surface area (Å²) in [6, 6.07) is 0. The summed E-state index contributed by atoms with van der Waals surface area (Å²) in [5, 5.41) is -0.477. The van der Waals surface area contributed by atoms with Gasteiger partial charge in [0.05, 0.1) is 5.56 Å². The molecule has 0 aliphatic rings.